The maximum Gasteiger partial charge on any atom is 0.160 e. The van der Waals surface area contributed by atoms with E-state index in [2.05, 4.69) is 19.9 Å². The number of hydrogen-bond acceptors (Lipinski definition) is 4. The van der Waals surface area contributed by atoms with E-state index in [0.29, 0.717) is 12.0 Å². The van der Waals surface area contributed by atoms with Crippen LogP contribution in [-0.4, -0.2) is 33.7 Å². The highest BCUT2D eigenvalue weighted by molar-refractivity contribution is 5.36. The summed E-state index contributed by atoms with van der Waals surface area (Å²) in [5, 5.41) is 12.0. The molecule has 0 bridgehead atoms. The highest BCUT2D eigenvalue weighted by Crippen LogP contribution is 2.24. The normalized spacial score (nSPS) is 23.2. The Morgan fingerprint density at radius 3 is 3.16 bits per heavy atom. The highest BCUT2D eigenvalue weighted by Gasteiger charge is 2.25. The first-order chi connectivity index (χ1) is 9.38. The van der Waals surface area contributed by atoms with Crippen molar-refractivity contribution in [2.75, 3.05) is 13.1 Å². The molecule has 102 valence electrons. The van der Waals surface area contributed by atoms with Crippen molar-refractivity contribution in [2.24, 2.45) is 11.7 Å². The Hall–Kier alpha value is -1.46. The third kappa shape index (κ3) is 2.62. The summed E-state index contributed by atoms with van der Waals surface area (Å²) in [7, 11) is 0. The number of fused-ring (bicyclic) bond motifs is 1. The maximum absolute atomic E-state index is 5.80. The van der Waals surface area contributed by atoms with Crippen LogP contribution in [0.4, 0.5) is 0 Å². The summed E-state index contributed by atoms with van der Waals surface area (Å²) in [6, 6.07) is 6.56. The second-order valence-electron chi connectivity index (χ2n) is 5.28. The number of nitrogens with zero attached hydrogens (tertiary/aromatic N) is 3. The van der Waals surface area contributed by atoms with Crippen molar-refractivity contribution in [3.05, 3.63) is 30.2 Å². The van der Waals surface area contributed by atoms with E-state index in [1.165, 1.54) is 19.3 Å². The van der Waals surface area contributed by atoms with Crippen LogP contribution < -0.4 is 11.1 Å². The van der Waals surface area contributed by atoms with Gasteiger partial charge in [0.1, 0.15) is 5.82 Å². The molecule has 19 heavy (non-hydrogen) atoms. The first kappa shape index (κ1) is 12.6. The zero-order valence-electron chi connectivity index (χ0n) is 11.1. The number of aromatic nitrogens is 3. The van der Waals surface area contributed by atoms with Gasteiger partial charge < -0.3 is 11.1 Å². The number of hydrogen-bond donors (Lipinski definition) is 2. The van der Waals surface area contributed by atoms with Crippen LogP contribution in [0, 0.1) is 5.92 Å². The highest BCUT2D eigenvalue weighted by atomic mass is 15.2. The van der Waals surface area contributed by atoms with E-state index in [-0.39, 0.29) is 0 Å². The molecule has 1 aliphatic rings. The molecule has 3 N–H and O–H groups in total. The van der Waals surface area contributed by atoms with Crippen LogP contribution in [0.15, 0.2) is 24.4 Å². The van der Waals surface area contributed by atoms with Gasteiger partial charge in [-0.3, -0.25) is 4.40 Å². The van der Waals surface area contributed by atoms with Gasteiger partial charge in [-0.15, -0.1) is 10.2 Å². The van der Waals surface area contributed by atoms with Gasteiger partial charge in [0.25, 0.3) is 0 Å². The Bertz CT molecular complexity index is 535. The molecule has 3 rings (SSSR count). The molecule has 5 nitrogen and oxygen atoms in total. The zero-order valence-corrected chi connectivity index (χ0v) is 11.1. The Kier molecular flexibility index (Phi) is 3.75. The fraction of sp³-hybridized carbons (Fsp3) is 0.571. The minimum absolute atomic E-state index is 0.587. The molecule has 2 heterocycles. The SMILES string of the molecule is NCC1CCCC1NCCc1nnc2ccccn12. The molecular formula is C14H21N5. The summed E-state index contributed by atoms with van der Waals surface area (Å²) in [6.07, 6.45) is 6.74. The van der Waals surface area contributed by atoms with E-state index >= 15 is 0 Å². The van der Waals surface area contributed by atoms with Gasteiger partial charge >= 0.3 is 0 Å². The minimum atomic E-state index is 0.587. The molecule has 1 fully saturated rings. The molecule has 2 unspecified atom stereocenters. The van der Waals surface area contributed by atoms with Crippen molar-refractivity contribution < 1.29 is 0 Å². The summed E-state index contributed by atoms with van der Waals surface area (Å²) in [5.74, 6) is 1.67. The molecule has 1 saturated carbocycles. The molecule has 0 aliphatic heterocycles. The van der Waals surface area contributed by atoms with Gasteiger partial charge in [0, 0.05) is 25.2 Å². The fourth-order valence-corrected chi connectivity index (χ4v) is 3.02. The minimum Gasteiger partial charge on any atom is -0.330 e. The molecule has 0 saturated heterocycles. The van der Waals surface area contributed by atoms with Crippen LogP contribution in [0.2, 0.25) is 0 Å². The molecule has 1 aliphatic carbocycles. The monoisotopic (exact) mass is 259 g/mol. The maximum atomic E-state index is 5.80. The Labute approximate surface area is 113 Å². The van der Waals surface area contributed by atoms with E-state index < -0.39 is 0 Å². The van der Waals surface area contributed by atoms with Crippen LogP contribution in [0.25, 0.3) is 5.65 Å². The number of nitrogens with one attached hydrogen (secondary N) is 1. The lowest BCUT2D eigenvalue weighted by atomic mass is 10.0. The van der Waals surface area contributed by atoms with Crippen molar-refractivity contribution in [3.63, 3.8) is 0 Å². The zero-order chi connectivity index (χ0) is 13.1. The van der Waals surface area contributed by atoms with E-state index in [1.54, 1.807) is 0 Å². The molecule has 2 aromatic heterocycles. The first-order valence-electron chi connectivity index (χ1n) is 7.10. The number of rotatable bonds is 5. The van der Waals surface area contributed by atoms with E-state index in [1.807, 2.05) is 24.4 Å². The first-order valence-corrected chi connectivity index (χ1v) is 7.10. The molecule has 0 radical (unpaired) electrons. The lowest BCUT2D eigenvalue weighted by Crippen LogP contribution is -2.37. The van der Waals surface area contributed by atoms with Gasteiger partial charge in [-0.25, -0.2) is 0 Å². The molecule has 2 aromatic rings. The molecule has 0 amide bonds. The smallest absolute Gasteiger partial charge is 0.160 e. The molecular weight excluding hydrogens is 238 g/mol. The van der Waals surface area contributed by atoms with Gasteiger partial charge in [0.15, 0.2) is 5.65 Å². The summed E-state index contributed by atoms with van der Waals surface area (Å²) in [4.78, 5) is 0. The molecule has 5 heteroatoms. The Morgan fingerprint density at radius 1 is 1.32 bits per heavy atom. The second-order valence-corrected chi connectivity index (χ2v) is 5.28. The predicted molar refractivity (Wildman–Crippen MR) is 74.9 cm³/mol. The lowest BCUT2D eigenvalue weighted by Gasteiger charge is -2.19. The van der Waals surface area contributed by atoms with Crippen LogP contribution in [0.1, 0.15) is 25.1 Å². The van der Waals surface area contributed by atoms with Crippen LogP contribution >= 0.6 is 0 Å². The summed E-state index contributed by atoms with van der Waals surface area (Å²) >= 11 is 0. The van der Waals surface area contributed by atoms with Crippen LogP contribution in [0.5, 0.6) is 0 Å². The van der Waals surface area contributed by atoms with Gasteiger partial charge in [0.2, 0.25) is 0 Å². The standard InChI is InChI=1S/C14H21N5/c15-10-11-4-3-5-12(11)16-8-7-14-18-17-13-6-1-2-9-19(13)14/h1-2,6,9,11-12,16H,3-5,7-8,10,15H2. The van der Waals surface area contributed by atoms with Gasteiger partial charge in [-0.1, -0.05) is 12.5 Å². The number of nitrogens with two attached hydrogens (primary N) is 1. The van der Waals surface area contributed by atoms with Gasteiger partial charge in [-0.05, 0) is 37.4 Å². The van der Waals surface area contributed by atoms with Crippen LogP contribution in [0.3, 0.4) is 0 Å². The molecule has 0 aromatic carbocycles. The van der Waals surface area contributed by atoms with E-state index in [9.17, 15) is 0 Å². The quantitative estimate of drug-likeness (QED) is 0.840. The summed E-state index contributed by atoms with van der Waals surface area (Å²) in [5.41, 5.74) is 6.71. The third-order valence-corrected chi connectivity index (χ3v) is 4.10. The van der Waals surface area contributed by atoms with E-state index in [0.717, 1.165) is 31.0 Å². The predicted octanol–water partition coefficient (Wildman–Crippen LogP) is 0.989. The van der Waals surface area contributed by atoms with Crippen molar-refractivity contribution in [2.45, 2.75) is 31.7 Å². The fourth-order valence-electron chi connectivity index (χ4n) is 3.02. The van der Waals surface area contributed by atoms with Crippen LogP contribution in [-0.2, 0) is 6.42 Å². The topological polar surface area (TPSA) is 68.2 Å². The second kappa shape index (κ2) is 5.67. The largest absolute Gasteiger partial charge is 0.330 e. The average Bonchev–Trinajstić information content (AvgIpc) is 3.06. The molecule has 0 spiro atoms. The van der Waals surface area contributed by atoms with E-state index in [4.69, 9.17) is 5.73 Å². The average molecular weight is 259 g/mol. The number of pyridine rings is 1. The van der Waals surface area contributed by atoms with Crippen molar-refractivity contribution >= 4 is 5.65 Å². The summed E-state index contributed by atoms with van der Waals surface area (Å²) in [6.45, 7) is 1.74. The summed E-state index contributed by atoms with van der Waals surface area (Å²) < 4.78 is 2.05. The Morgan fingerprint density at radius 2 is 2.26 bits per heavy atom. The van der Waals surface area contributed by atoms with Gasteiger partial charge in [0.05, 0.1) is 0 Å². The Balaban J connectivity index is 1.57. The molecule has 2 atom stereocenters. The third-order valence-electron chi connectivity index (χ3n) is 4.10. The van der Waals surface area contributed by atoms with Gasteiger partial charge in [-0.2, -0.15) is 0 Å². The van der Waals surface area contributed by atoms with Crippen molar-refractivity contribution in [1.82, 2.24) is 19.9 Å². The van der Waals surface area contributed by atoms with Crippen molar-refractivity contribution in [1.29, 1.82) is 0 Å². The van der Waals surface area contributed by atoms with Crippen molar-refractivity contribution in [3.8, 4) is 0 Å². The lowest BCUT2D eigenvalue weighted by molar-refractivity contribution is 0.408.